The maximum atomic E-state index is 11.1. The molecule has 1 aromatic rings. The Morgan fingerprint density at radius 3 is 2.57 bits per heavy atom. The van der Waals surface area contributed by atoms with E-state index in [1.165, 1.54) is 6.92 Å². The van der Waals surface area contributed by atoms with E-state index < -0.39 is 17.4 Å². The highest BCUT2D eigenvalue weighted by Gasteiger charge is 2.13. The number of aromatic amines is 2. The summed E-state index contributed by atoms with van der Waals surface area (Å²) < 4.78 is 0. The van der Waals surface area contributed by atoms with Crippen molar-refractivity contribution in [3.05, 3.63) is 32.1 Å². The number of hydrogen-bond acceptors (Lipinski definition) is 4. The molecule has 1 heterocycles. The fourth-order valence-corrected chi connectivity index (χ4v) is 1.17. The Morgan fingerprint density at radius 2 is 2.00 bits per heavy atom. The van der Waals surface area contributed by atoms with E-state index in [1.807, 2.05) is 4.98 Å². The second-order valence-corrected chi connectivity index (χ2v) is 2.98. The number of nitrogens with one attached hydrogen (secondary N) is 2. The van der Waals surface area contributed by atoms with E-state index in [2.05, 4.69) is 4.98 Å². The van der Waals surface area contributed by atoms with E-state index >= 15 is 0 Å². The fourth-order valence-electron chi connectivity index (χ4n) is 1.17. The van der Waals surface area contributed by atoms with Crippen molar-refractivity contribution in [3.63, 3.8) is 0 Å². The highest BCUT2D eigenvalue weighted by molar-refractivity contribution is 5.16. The maximum Gasteiger partial charge on any atom is 0.325 e. The van der Waals surface area contributed by atoms with Crippen LogP contribution in [0.2, 0.25) is 0 Å². The second-order valence-electron chi connectivity index (χ2n) is 2.98. The number of aliphatic hydroxyl groups is 2. The number of H-pyrrole nitrogens is 2. The third-order valence-electron chi connectivity index (χ3n) is 1.96. The number of hydrogen-bond donors (Lipinski definition) is 4. The van der Waals surface area contributed by atoms with Crippen LogP contribution in [0.1, 0.15) is 23.8 Å². The molecule has 1 atom stereocenters. The van der Waals surface area contributed by atoms with Crippen LogP contribution in [-0.2, 0) is 0 Å². The largest absolute Gasteiger partial charge is 0.396 e. The Bertz CT molecular complexity index is 420. The second kappa shape index (κ2) is 4.21. The van der Waals surface area contributed by atoms with E-state index in [1.54, 1.807) is 0 Å². The molecule has 0 saturated heterocycles. The van der Waals surface area contributed by atoms with Crippen LogP contribution in [0.4, 0.5) is 0 Å². The molecule has 6 nitrogen and oxygen atoms in total. The predicted octanol–water partition coefficient (Wildman–Crippen LogP) is -1.21. The lowest BCUT2D eigenvalue weighted by Crippen LogP contribution is -2.27. The summed E-state index contributed by atoms with van der Waals surface area (Å²) in [6.07, 6.45) is -0.935. The van der Waals surface area contributed by atoms with Crippen LogP contribution >= 0.6 is 0 Å². The Morgan fingerprint density at radius 1 is 1.36 bits per heavy atom. The van der Waals surface area contributed by atoms with E-state index in [-0.39, 0.29) is 24.3 Å². The summed E-state index contributed by atoms with van der Waals surface area (Å²) in [7, 11) is 0. The topological polar surface area (TPSA) is 106 Å². The van der Waals surface area contributed by atoms with Crippen molar-refractivity contribution in [2.24, 2.45) is 0 Å². The van der Waals surface area contributed by atoms with Crippen LogP contribution in [0, 0.1) is 6.92 Å². The van der Waals surface area contributed by atoms with Gasteiger partial charge in [0.25, 0.3) is 5.56 Å². The SMILES string of the molecule is Cc1c(C(O)CCO)[nH]c(=O)[nH]c1=O. The van der Waals surface area contributed by atoms with Gasteiger partial charge in [-0.05, 0) is 6.92 Å². The van der Waals surface area contributed by atoms with E-state index in [4.69, 9.17) is 5.11 Å². The molecule has 0 aromatic carbocycles. The molecule has 0 aliphatic carbocycles. The van der Waals surface area contributed by atoms with Crippen molar-refractivity contribution in [1.29, 1.82) is 0 Å². The third kappa shape index (κ3) is 2.09. The lowest BCUT2D eigenvalue weighted by molar-refractivity contribution is 0.129. The molecule has 1 aromatic heterocycles. The molecule has 78 valence electrons. The van der Waals surface area contributed by atoms with Crippen LogP contribution in [0.25, 0.3) is 0 Å². The molecular formula is C8H12N2O4. The van der Waals surface area contributed by atoms with Gasteiger partial charge >= 0.3 is 5.69 Å². The summed E-state index contributed by atoms with van der Waals surface area (Å²) in [6.45, 7) is 1.28. The van der Waals surface area contributed by atoms with Crippen molar-refractivity contribution in [3.8, 4) is 0 Å². The Kier molecular flexibility index (Phi) is 3.21. The zero-order valence-corrected chi connectivity index (χ0v) is 7.70. The minimum absolute atomic E-state index is 0.0836. The monoisotopic (exact) mass is 200 g/mol. The Labute approximate surface area is 79.2 Å². The van der Waals surface area contributed by atoms with Gasteiger partial charge in [0.05, 0.1) is 11.8 Å². The van der Waals surface area contributed by atoms with Crippen molar-refractivity contribution in [1.82, 2.24) is 9.97 Å². The molecule has 0 amide bonds. The van der Waals surface area contributed by atoms with Gasteiger partial charge in [0, 0.05) is 18.6 Å². The Hall–Kier alpha value is -1.40. The molecule has 0 bridgehead atoms. The standard InChI is InChI=1S/C8H12N2O4/c1-4-6(5(12)2-3-11)9-8(14)10-7(4)13/h5,11-12H,2-3H2,1H3,(H2,9,10,13,14). The molecular weight excluding hydrogens is 188 g/mol. The highest BCUT2D eigenvalue weighted by atomic mass is 16.3. The first-order valence-corrected chi connectivity index (χ1v) is 4.18. The zero-order valence-electron chi connectivity index (χ0n) is 7.70. The van der Waals surface area contributed by atoms with Crippen LogP contribution < -0.4 is 11.2 Å². The van der Waals surface area contributed by atoms with E-state index in [0.717, 1.165) is 0 Å². The average Bonchev–Trinajstić information content (AvgIpc) is 2.11. The minimum atomic E-state index is -1.02. The smallest absolute Gasteiger partial charge is 0.325 e. The van der Waals surface area contributed by atoms with Gasteiger partial charge in [-0.25, -0.2) is 4.79 Å². The molecule has 0 aliphatic rings. The number of aliphatic hydroxyl groups excluding tert-OH is 2. The first-order valence-electron chi connectivity index (χ1n) is 4.18. The first-order chi connectivity index (χ1) is 6.56. The van der Waals surface area contributed by atoms with Gasteiger partial charge in [-0.3, -0.25) is 9.78 Å². The number of rotatable bonds is 3. The summed E-state index contributed by atoms with van der Waals surface area (Å²) in [5, 5.41) is 18.1. The van der Waals surface area contributed by atoms with Crippen molar-refractivity contribution in [2.45, 2.75) is 19.4 Å². The van der Waals surface area contributed by atoms with Crippen LogP contribution in [0.15, 0.2) is 9.59 Å². The van der Waals surface area contributed by atoms with Gasteiger partial charge in [-0.2, -0.15) is 0 Å². The summed E-state index contributed by atoms with van der Waals surface area (Å²) in [6, 6.07) is 0. The van der Waals surface area contributed by atoms with Gasteiger partial charge in [0.1, 0.15) is 0 Å². The molecule has 0 spiro atoms. The molecule has 14 heavy (non-hydrogen) atoms. The molecule has 0 fully saturated rings. The summed E-state index contributed by atoms with van der Waals surface area (Å²) in [5.41, 5.74) is -0.772. The normalized spacial score (nSPS) is 12.8. The first kappa shape index (κ1) is 10.7. The quantitative estimate of drug-likeness (QED) is 0.491. The molecule has 0 saturated carbocycles. The van der Waals surface area contributed by atoms with Crippen molar-refractivity contribution >= 4 is 0 Å². The van der Waals surface area contributed by atoms with Gasteiger partial charge in [0.2, 0.25) is 0 Å². The van der Waals surface area contributed by atoms with Crippen molar-refractivity contribution < 1.29 is 10.2 Å². The average molecular weight is 200 g/mol. The van der Waals surface area contributed by atoms with Crippen LogP contribution in [-0.4, -0.2) is 26.8 Å². The molecule has 1 unspecified atom stereocenters. The van der Waals surface area contributed by atoms with Gasteiger partial charge in [-0.1, -0.05) is 0 Å². The fraction of sp³-hybridized carbons (Fsp3) is 0.500. The predicted molar refractivity (Wildman–Crippen MR) is 49.1 cm³/mol. The zero-order chi connectivity index (χ0) is 10.7. The summed E-state index contributed by atoms with van der Waals surface area (Å²) in [4.78, 5) is 26.4. The highest BCUT2D eigenvalue weighted by Crippen LogP contribution is 2.13. The van der Waals surface area contributed by atoms with Gasteiger partial charge in [0.15, 0.2) is 0 Å². The molecule has 0 radical (unpaired) electrons. The minimum Gasteiger partial charge on any atom is -0.396 e. The molecule has 6 heteroatoms. The number of aromatic nitrogens is 2. The van der Waals surface area contributed by atoms with E-state index in [0.29, 0.717) is 0 Å². The lowest BCUT2D eigenvalue weighted by atomic mass is 10.1. The molecule has 4 N–H and O–H groups in total. The van der Waals surface area contributed by atoms with Crippen molar-refractivity contribution in [2.75, 3.05) is 6.61 Å². The summed E-state index contributed by atoms with van der Waals surface area (Å²) in [5.74, 6) is 0. The maximum absolute atomic E-state index is 11.1. The molecule has 0 aliphatic heterocycles. The van der Waals surface area contributed by atoms with Gasteiger partial charge < -0.3 is 15.2 Å². The molecule has 1 rings (SSSR count). The summed E-state index contributed by atoms with van der Waals surface area (Å²) >= 11 is 0. The third-order valence-corrected chi connectivity index (χ3v) is 1.96. The lowest BCUT2D eigenvalue weighted by Gasteiger charge is -2.10. The van der Waals surface area contributed by atoms with Crippen LogP contribution in [0.3, 0.4) is 0 Å². The Balaban J connectivity index is 3.20. The van der Waals surface area contributed by atoms with Crippen LogP contribution in [0.5, 0.6) is 0 Å². The van der Waals surface area contributed by atoms with Gasteiger partial charge in [-0.15, -0.1) is 0 Å². The van der Waals surface area contributed by atoms with E-state index in [9.17, 15) is 14.7 Å².